The first kappa shape index (κ1) is 22.3. The van der Waals surface area contributed by atoms with Gasteiger partial charge in [0.05, 0.1) is 6.61 Å². The normalized spacial score (nSPS) is 24.8. The first-order valence-electron chi connectivity index (χ1n) is 9.65. The minimum absolute atomic E-state index is 0.122. The van der Waals surface area contributed by atoms with Crippen LogP contribution in [0.25, 0.3) is 0 Å². The average molecular weight is 403 g/mol. The molecule has 0 radical (unpaired) electrons. The third kappa shape index (κ3) is 6.25. The smallest absolute Gasteiger partial charge is 0.410 e. The summed E-state index contributed by atoms with van der Waals surface area (Å²) < 4.78 is 42.0. The number of alkyl halides is 3. The number of hydrogen-bond acceptors (Lipinski definition) is 4. The van der Waals surface area contributed by atoms with Crippen molar-refractivity contribution in [3.63, 3.8) is 0 Å². The molecule has 2 rings (SSSR count). The molecule has 9 heteroatoms. The van der Waals surface area contributed by atoms with Crippen molar-refractivity contribution in [2.75, 3.05) is 26.4 Å². The van der Waals surface area contributed by atoms with Crippen molar-refractivity contribution in [2.45, 2.75) is 57.2 Å². The van der Waals surface area contributed by atoms with Crippen molar-refractivity contribution in [2.24, 2.45) is 0 Å². The maximum Gasteiger partial charge on any atom is 0.410 e. The van der Waals surface area contributed by atoms with E-state index in [1.54, 1.807) is 6.92 Å². The Labute approximate surface area is 163 Å². The third-order valence-electron chi connectivity index (χ3n) is 5.04. The lowest BCUT2D eigenvalue weighted by Crippen LogP contribution is -2.52. The number of amides is 2. The minimum Gasteiger partial charge on any atom is -0.450 e. The van der Waals surface area contributed by atoms with E-state index < -0.39 is 19.0 Å². The SMILES string of the molecule is CCOC(=O)N1C2CCC1CC(NCCNC(=O)C(C=CC(F)F)=CCF)C2. The van der Waals surface area contributed by atoms with Crippen LogP contribution in [0.2, 0.25) is 0 Å². The van der Waals surface area contributed by atoms with E-state index in [1.165, 1.54) is 0 Å². The summed E-state index contributed by atoms with van der Waals surface area (Å²) in [5.41, 5.74) is -0.122. The Morgan fingerprint density at radius 2 is 1.89 bits per heavy atom. The van der Waals surface area contributed by atoms with Crippen LogP contribution in [-0.4, -0.2) is 67.8 Å². The molecule has 0 spiro atoms. The summed E-state index contributed by atoms with van der Waals surface area (Å²) in [6.45, 7) is 2.03. The lowest BCUT2D eigenvalue weighted by Gasteiger charge is -2.38. The van der Waals surface area contributed by atoms with Crippen LogP contribution < -0.4 is 10.6 Å². The Morgan fingerprint density at radius 3 is 2.46 bits per heavy atom. The molecule has 2 fully saturated rings. The van der Waals surface area contributed by atoms with Gasteiger partial charge in [0.1, 0.15) is 6.67 Å². The first-order valence-corrected chi connectivity index (χ1v) is 9.65. The van der Waals surface area contributed by atoms with Gasteiger partial charge in [-0.2, -0.15) is 0 Å². The van der Waals surface area contributed by atoms with Gasteiger partial charge >= 0.3 is 6.09 Å². The molecule has 2 atom stereocenters. The predicted octanol–water partition coefficient (Wildman–Crippen LogP) is 2.56. The second kappa shape index (κ2) is 11.1. The van der Waals surface area contributed by atoms with Crippen LogP contribution in [0.15, 0.2) is 23.8 Å². The monoisotopic (exact) mass is 403 g/mol. The van der Waals surface area contributed by atoms with Crippen molar-refractivity contribution < 1.29 is 27.5 Å². The van der Waals surface area contributed by atoms with Crippen molar-refractivity contribution >= 4 is 12.0 Å². The van der Waals surface area contributed by atoms with Crippen LogP contribution >= 0.6 is 0 Å². The summed E-state index contributed by atoms with van der Waals surface area (Å²) in [5.74, 6) is -0.589. The molecule has 2 heterocycles. The first-order chi connectivity index (χ1) is 13.5. The molecule has 2 aliphatic rings. The van der Waals surface area contributed by atoms with E-state index in [2.05, 4.69) is 10.6 Å². The van der Waals surface area contributed by atoms with Gasteiger partial charge in [0.15, 0.2) is 0 Å². The number of carbonyl (C=O) groups is 2. The second-order valence-corrected chi connectivity index (χ2v) is 6.88. The summed E-state index contributed by atoms with van der Waals surface area (Å²) in [6.07, 6.45) is 3.07. The van der Waals surface area contributed by atoms with E-state index in [0.717, 1.165) is 37.8 Å². The molecule has 0 aromatic carbocycles. The van der Waals surface area contributed by atoms with E-state index >= 15 is 0 Å². The summed E-state index contributed by atoms with van der Waals surface area (Å²) in [7, 11) is 0. The molecular formula is C19H28F3N3O3. The number of fused-ring (bicyclic) bond motifs is 2. The fourth-order valence-corrected chi connectivity index (χ4v) is 3.89. The van der Waals surface area contributed by atoms with E-state index in [-0.39, 0.29) is 29.8 Å². The number of piperidine rings is 1. The van der Waals surface area contributed by atoms with E-state index in [9.17, 15) is 22.8 Å². The molecule has 6 nitrogen and oxygen atoms in total. The summed E-state index contributed by atoms with van der Waals surface area (Å²) in [4.78, 5) is 25.9. The van der Waals surface area contributed by atoms with E-state index in [4.69, 9.17) is 4.74 Å². The molecule has 28 heavy (non-hydrogen) atoms. The van der Waals surface area contributed by atoms with Crippen LogP contribution in [0.1, 0.15) is 32.6 Å². The van der Waals surface area contributed by atoms with Gasteiger partial charge in [0.2, 0.25) is 0 Å². The van der Waals surface area contributed by atoms with Gasteiger partial charge in [-0.25, -0.2) is 18.0 Å². The van der Waals surface area contributed by atoms with E-state index in [1.807, 2.05) is 4.90 Å². The number of nitrogens with zero attached hydrogens (tertiary/aromatic N) is 1. The fraction of sp³-hybridized carbons (Fsp3) is 0.684. The molecule has 158 valence electrons. The number of ether oxygens (including phenoxy) is 1. The molecule has 0 aliphatic carbocycles. The molecule has 0 aromatic rings. The fourth-order valence-electron chi connectivity index (χ4n) is 3.89. The van der Waals surface area contributed by atoms with Gasteiger partial charge in [-0.15, -0.1) is 0 Å². The van der Waals surface area contributed by atoms with Crippen molar-refractivity contribution in [3.05, 3.63) is 23.8 Å². The van der Waals surface area contributed by atoms with Gasteiger partial charge in [-0.05, 0) is 50.8 Å². The minimum atomic E-state index is -2.70. The number of hydrogen-bond donors (Lipinski definition) is 2. The average Bonchev–Trinajstić information content (AvgIpc) is 2.92. The molecule has 0 saturated carbocycles. The summed E-state index contributed by atoms with van der Waals surface area (Å²) in [5, 5.41) is 5.96. The van der Waals surface area contributed by atoms with Crippen LogP contribution in [0.4, 0.5) is 18.0 Å². The van der Waals surface area contributed by atoms with E-state index in [0.29, 0.717) is 25.8 Å². The lowest BCUT2D eigenvalue weighted by atomic mass is 9.98. The standard InChI is InChI=1S/C19H28F3N3O3/c1-2-28-19(27)25-15-4-5-16(25)12-14(11-15)23-9-10-24-18(26)13(7-8-20)3-6-17(21)22/h3,6-7,14-17,23H,2,4-5,8-12H2,1H3,(H,24,26). The Balaban J connectivity index is 1.74. The summed E-state index contributed by atoms with van der Waals surface area (Å²) >= 11 is 0. The Morgan fingerprint density at radius 1 is 1.21 bits per heavy atom. The van der Waals surface area contributed by atoms with Crippen LogP contribution in [0.5, 0.6) is 0 Å². The highest BCUT2D eigenvalue weighted by atomic mass is 19.3. The highest BCUT2D eigenvalue weighted by molar-refractivity contribution is 5.96. The van der Waals surface area contributed by atoms with Crippen molar-refractivity contribution in [3.8, 4) is 0 Å². The predicted molar refractivity (Wildman–Crippen MR) is 98.9 cm³/mol. The maximum absolute atomic E-state index is 12.4. The van der Waals surface area contributed by atoms with Gasteiger partial charge < -0.3 is 20.3 Å². The Hall–Kier alpha value is -2.03. The summed E-state index contributed by atoms with van der Waals surface area (Å²) in [6, 6.07) is 0.576. The largest absolute Gasteiger partial charge is 0.450 e. The zero-order valence-electron chi connectivity index (χ0n) is 16.0. The van der Waals surface area contributed by atoms with Gasteiger partial charge in [-0.1, -0.05) is 0 Å². The van der Waals surface area contributed by atoms with Crippen LogP contribution in [0.3, 0.4) is 0 Å². The van der Waals surface area contributed by atoms with Gasteiger partial charge in [0, 0.05) is 36.8 Å². The zero-order valence-corrected chi connectivity index (χ0v) is 16.0. The van der Waals surface area contributed by atoms with Crippen molar-refractivity contribution in [1.82, 2.24) is 15.5 Å². The molecule has 0 aromatic heterocycles. The molecule has 2 aliphatic heterocycles. The van der Waals surface area contributed by atoms with Crippen LogP contribution in [0, 0.1) is 0 Å². The maximum atomic E-state index is 12.4. The molecular weight excluding hydrogens is 375 g/mol. The number of halogens is 3. The van der Waals surface area contributed by atoms with Crippen LogP contribution in [-0.2, 0) is 9.53 Å². The number of allylic oxidation sites excluding steroid dienone is 2. The third-order valence-corrected chi connectivity index (χ3v) is 5.04. The molecule has 2 amide bonds. The molecule has 2 bridgehead atoms. The van der Waals surface area contributed by atoms with Gasteiger partial charge in [0.25, 0.3) is 12.3 Å². The molecule has 2 saturated heterocycles. The number of rotatable bonds is 9. The highest BCUT2D eigenvalue weighted by Crippen LogP contribution is 2.36. The number of nitrogens with one attached hydrogen (secondary N) is 2. The van der Waals surface area contributed by atoms with Gasteiger partial charge in [-0.3, -0.25) is 4.79 Å². The second-order valence-electron chi connectivity index (χ2n) is 6.88. The lowest BCUT2D eigenvalue weighted by molar-refractivity contribution is -0.117. The Bertz CT molecular complexity index is 584. The zero-order chi connectivity index (χ0) is 20.5. The highest BCUT2D eigenvalue weighted by Gasteiger charge is 2.43. The Kier molecular flexibility index (Phi) is 8.82. The molecule has 2 unspecified atom stereocenters. The quantitative estimate of drug-likeness (QED) is 0.353. The topological polar surface area (TPSA) is 70.7 Å². The molecule has 2 N–H and O–H groups in total. The number of carbonyl (C=O) groups excluding carboxylic acids is 2. The van der Waals surface area contributed by atoms with Crippen molar-refractivity contribution in [1.29, 1.82) is 0 Å².